The molecule has 0 aliphatic carbocycles. The first kappa shape index (κ1) is 12.6. The second-order valence-corrected chi connectivity index (χ2v) is 3.40. The Labute approximate surface area is 96.8 Å². The minimum absolute atomic E-state index is 0.540. The van der Waals surface area contributed by atoms with Crippen LogP contribution >= 0.6 is 0 Å². The summed E-state index contributed by atoms with van der Waals surface area (Å²) in [6.07, 6.45) is 8.40. The maximum atomic E-state index is 5.35. The molecule has 1 aromatic rings. The zero-order chi connectivity index (χ0) is 11.6. The van der Waals surface area contributed by atoms with Crippen molar-refractivity contribution in [3.63, 3.8) is 0 Å². The highest BCUT2D eigenvalue weighted by Gasteiger charge is 1.97. The summed E-state index contributed by atoms with van der Waals surface area (Å²) in [5.41, 5.74) is 0.937. The molecular formula is C12H19N3O. The number of nitrogens with zero attached hydrogens (tertiary/aromatic N) is 2. The van der Waals surface area contributed by atoms with Crippen molar-refractivity contribution in [2.45, 2.75) is 26.8 Å². The summed E-state index contributed by atoms with van der Waals surface area (Å²) in [5, 5.41) is 3.27. The minimum atomic E-state index is 0.540. The highest BCUT2D eigenvalue weighted by atomic mass is 16.5. The van der Waals surface area contributed by atoms with E-state index in [2.05, 4.69) is 22.2 Å². The lowest BCUT2D eigenvalue weighted by Gasteiger charge is -2.04. The van der Waals surface area contributed by atoms with E-state index in [1.165, 1.54) is 0 Å². The fourth-order valence-corrected chi connectivity index (χ4v) is 1.13. The largest absolute Gasteiger partial charge is 0.472 e. The first-order valence-electron chi connectivity index (χ1n) is 5.62. The second-order valence-electron chi connectivity index (χ2n) is 3.40. The average Bonchev–Trinajstić information content (AvgIpc) is 2.32. The molecule has 88 valence electrons. The lowest BCUT2D eigenvalue weighted by molar-refractivity contribution is 0.346. The van der Waals surface area contributed by atoms with Crippen LogP contribution in [0.3, 0.4) is 0 Å². The highest BCUT2D eigenvalue weighted by Crippen LogP contribution is 2.03. The monoisotopic (exact) mass is 221 g/mol. The van der Waals surface area contributed by atoms with Crippen LogP contribution in [0.4, 0.5) is 0 Å². The summed E-state index contributed by atoms with van der Waals surface area (Å²) in [6.45, 7) is 6.39. The molecule has 0 aliphatic heterocycles. The van der Waals surface area contributed by atoms with E-state index in [0.717, 1.165) is 25.2 Å². The molecule has 0 saturated carbocycles. The van der Waals surface area contributed by atoms with Crippen molar-refractivity contribution in [1.82, 2.24) is 15.3 Å². The van der Waals surface area contributed by atoms with E-state index in [9.17, 15) is 0 Å². The molecule has 4 nitrogen and oxygen atoms in total. The van der Waals surface area contributed by atoms with Gasteiger partial charge in [-0.3, -0.25) is 4.98 Å². The summed E-state index contributed by atoms with van der Waals surface area (Å²) >= 11 is 0. The van der Waals surface area contributed by atoms with E-state index >= 15 is 0 Å². The van der Waals surface area contributed by atoms with Gasteiger partial charge < -0.3 is 10.1 Å². The Kier molecular flexibility index (Phi) is 6.18. The van der Waals surface area contributed by atoms with Gasteiger partial charge in [-0.2, -0.15) is 0 Å². The van der Waals surface area contributed by atoms with Gasteiger partial charge in [-0.25, -0.2) is 4.98 Å². The van der Waals surface area contributed by atoms with E-state index in [1.807, 2.05) is 19.1 Å². The van der Waals surface area contributed by atoms with Gasteiger partial charge >= 0.3 is 0 Å². The Morgan fingerprint density at radius 3 is 2.88 bits per heavy atom. The predicted molar refractivity (Wildman–Crippen MR) is 64.3 cm³/mol. The third-order valence-electron chi connectivity index (χ3n) is 1.98. The molecule has 0 radical (unpaired) electrons. The number of allylic oxidation sites excluding steroid dienone is 1. The molecule has 0 aromatic carbocycles. The van der Waals surface area contributed by atoms with E-state index in [0.29, 0.717) is 12.5 Å². The summed E-state index contributed by atoms with van der Waals surface area (Å²) in [4.78, 5) is 8.43. The molecule has 0 bridgehead atoms. The Hall–Kier alpha value is -1.42. The van der Waals surface area contributed by atoms with E-state index in [-0.39, 0.29) is 0 Å². The number of hydrogen-bond acceptors (Lipinski definition) is 4. The molecular weight excluding hydrogens is 202 g/mol. The van der Waals surface area contributed by atoms with Gasteiger partial charge in [0.15, 0.2) is 0 Å². The van der Waals surface area contributed by atoms with Gasteiger partial charge in [0.25, 0.3) is 0 Å². The van der Waals surface area contributed by atoms with Crippen LogP contribution in [0.15, 0.2) is 24.5 Å². The molecule has 4 heteroatoms. The van der Waals surface area contributed by atoms with Crippen LogP contribution < -0.4 is 10.1 Å². The fourth-order valence-electron chi connectivity index (χ4n) is 1.13. The van der Waals surface area contributed by atoms with E-state index < -0.39 is 0 Å². The van der Waals surface area contributed by atoms with Crippen LogP contribution in [-0.4, -0.2) is 23.1 Å². The van der Waals surface area contributed by atoms with Crippen molar-refractivity contribution in [3.8, 4) is 5.88 Å². The normalized spacial score (nSPS) is 10.9. The first-order valence-corrected chi connectivity index (χ1v) is 5.62. The third-order valence-corrected chi connectivity index (χ3v) is 1.98. The molecule has 1 N–H and O–H groups in total. The van der Waals surface area contributed by atoms with Crippen LogP contribution in [0.25, 0.3) is 0 Å². The standard InChI is InChI=1S/C12H19N3O/c1-3-5-7-16-12-10-14-11(9-15-12)8-13-6-4-2/h3,5,9-10,13H,4,6-8H2,1-2H3/b5-3+. The van der Waals surface area contributed by atoms with Gasteiger partial charge in [-0.05, 0) is 19.9 Å². The minimum Gasteiger partial charge on any atom is -0.472 e. The molecule has 1 aromatic heterocycles. The van der Waals surface area contributed by atoms with Crippen LogP contribution in [0.2, 0.25) is 0 Å². The molecule has 1 rings (SSSR count). The third kappa shape index (κ3) is 4.89. The zero-order valence-electron chi connectivity index (χ0n) is 9.94. The Bertz CT molecular complexity index is 309. The van der Waals surface area contributed by atoms with Crippen molar-refractivity contribution in [1.29, 1.82) is 0 Å². The average molecular weight is 221 g/mol. The topological polar surface area (TPSA) is 47.0 Å². The lowest BCUT2D eigenvalue weighted by Crippen LogP contribution is -2.15. The zero-order valence-corrected chi connectivity index (χ0v) is 9.94. The van der Waals surface area contributed by atoms with Crippen molar-refractivity contribution < 1.29 is 4.74 Å². The van der Waals surface area contributed by atoms with Gasteiger partial charge in [0.1, 0.15) is 6.61 Å². The SMILES string of the molecule is C/C=C/COc1cnc(CNCCC)cn1. The Morgan fingerprint density at radius 1 is 1.38 bits per heavy atom. The molecule has 0 amide bonds. The predicted octanol–water partition coefficient (Wildman–Crippen LogP) is 1.93. The number of ether oxygens (including phenoxy) is 1. The van der Waals surface area contributed by atoms with Gasteiger partial charge in [0, 0.05) is 6.54 Å². The van der Waals surface area contributed by atoms with Crippen molar-refractivity contribution in [2.24, 2.45) is 0 Å². The molecule has 0 atom stereocenters. The molecule has 16 heavy (non-hydrogen) atoms. The molecule has 0 aliphatic rings. The van der Waals surface area contributed by atoms with Crippen molar-refractivity contribution >= 4 is 0 Å². The lowest BCUT2D eigenvalue weighted by atomic mass is 10.4. The number of rotatable bonds is 7. The van der Waals surface area contributed by atoms with E-state index in [1.54, 1.807) is 12.4 Å². The van der Waals surface area contributed by atoms with Crippen LogP contribution in [0.1, 0.15) is 26.0 Å². The van der Waals surface area contributed by atoms with Gasteiger partial charge in [0.2, 0.25) is 5.88 Å². The number of aromatic nitrogens is 2. The Balaban J connectivity index is 2.35. The van der Waals surface area contributed by atoms with E-state index in [4.69, 9.17) is 4.74 Å². The Morgan fingerprint density at radius 2 is 2.25 bits per heavy atom. The second kappa shape index (κ2) is 7.82. The molecule has 0 spiro atoms. The number of nitrogens with one attached hydrogen (secondary N) is 1. The first-order chi connectivity index (χ1) is 7.86. The maximum Gasteiger partial charge on any atom is 0.232 e. The van der Waals surface area contributed by atoms with Crippen LogP contribution in [0.5, 0.6) is 5.88 Å². The smallest absolute Gasteiger partial charge is 0.232 e. The van der Waals surface area contributed by atoms with Crippen molar-refractivity contribution in [3.05, 3.63) is 30.2 Å². The quantitative estimate of drug-likeness (QED) is 0.564. The molecule has 1 heterocycles. The highest BCUT2D eigenvalue weighted by molar-refractivity contribution is 5.07. The summed E-state index contributed by atoms with van der Waals surface area (Å²) in [6, 6.07) is 0. The van der Waals surface area contributed by atoms with Gasteiger partial charge in [-0.1, -0.05) is 19.1 Å². The summed E-state index contributed by atoms with van der Waals surface area (Å²) < 4.78 is 5.35. The van der Waals surface area contributed by atoms with Gasteiger partial charge in [0.05, 0.1) is 18.1 Å². The summed E-state index contributed by atoms with van der Waals surface area (Å²) in [7, 11) is 0. The van der Waals surface area contributed by atoms with Crippen molar-refractivity contribution in [2.75, 3.05) is 13.2 Å². The van der Waals surface area contributed by atoms with Gasteiger partial charge in [-0.15, -0.1) is 0 Å². The molecule has 0 unspecified atom stereocenters. The summed E-state index contributed by atoms with van der Waals surface area (Å²) in [5.74, 6) is 0.567. The molecule has 0 fully saturated rings. The number of hydrogen-bond donors (Lipinski definition) is 1. The fraction of sp³-hybridized carbons (Fsp3) is 0.500. The maximum absolute atomic E-state index is 5.35. The van der Waals surface area contributed by atoms with Crippen LogP contribution in [-0.2, 0) is 6.54 Å². The van der Waals surface area contributed by atoms with Crippen LogP contribution in [0, 0.1) is 0 Å². The molecule has 0 saturated heterocycles.